The molecule has 2 aliphatic carbocycles. The summed E-state index contributed by atoms with van der Waals surface area (Å²) < 4.78 is 11.3. The maximum atomic E-state index is 10.6. The zero-order chi connectivity index (χ0) is 22.3. The van der Waals surface area contributed by atoms with Crippen LogP contribution in [0.25, 0.3) is 22.6 Å². The minimum Gasteiger partial charge on any atom is -0.507 e. The van der Waals surface area contributed by atoms with Gasteiger partial charge in [0.25, 0.3) is 0 Å². The van der Waals surface area contributed by atoms with Crippen molar-refractivity contribution in [2.24, 2.45) is 10.8 Å². The van der Waals surface area contributed by atoms with Crippen molar-refractivity contribution < 1.29 is 14.6 Å². The predicted octanol–water partition coefficient (Wildman–Crippen LogP) is 4.45. The number of hydrogen-bond donors (Lipinski definition) is 1. The summed E-state index contributed by atoms with van der Waals surface area (Å²) in [7, 11) is 1.49. The molecule has 8 heteroatoms. The highest BCUT2D eigenvalue weighted by atomic mass is 16.5. The highest BCUT2D eigenvalue weighted by molar-refractivity contribution is 5.71. The molecule has 0 amide bonds. The van der Waals surface area contributed by atoms with Crippen LogP contribution in [0.3, 0.4) is 0 Å². The van der Waals surface area contributed by atoms with Gasteiger partial charge in [0.05, 0.1) is 12.8 Å². The number of aromatic nitrogens is 5. The van der Waals surface area contributed by atoms with E-state index in [-0.39, 0.29) is 17.9 Å². The molecule has 0 saturated heterocycles. The summed E-state index contributed by atoms with van der Waals surface area (Å²) in [4.78, 5) is 12.2. The lowest BCUT2D eigenvalue weighted by atomic mass is 9.69. The van der Waals surface area contributed by atoms with Crippen LogP contribution in [0.15, 0.2) is 36.7 Å². The summed E-state index contributed by atoms with van der Waals surface area (Å²) in [5, 5.41) is 19.2. The quantitative estimate of drug-likeness (QED) is 0.630. The number of phenolic OH excluding ortho intramolecular Hbond substituents is 1. The molecule has 2 bridgehead atoms. The maximum absolute atomic E-state index is 10.6. The van der Waals surface area contributed by atoms with Crippen molar-refractivity contribution in [3.05, 3.63) is 36.7 Å². The van der Waals surface area contributed by atoms with Gasteiger partial charge < -0.3 is 14.6 Å². The van der Waals surface area contributed by atoms with E-state index in [9.17, 15) is 5.11 Å². The van der Waals surface area contributed by atoms with E-state index < -0.39 is 0 Å². The zero-order valence-corrected chi connectivity index (χ0v) is 18.6. The Bertz CT molecular complexity index is 1120. The highest BCUT2D eigenvalue weighted by Crippen LogP contribution is 2.58. The lowest BCUT2D eigenvalue weighted by Gasteiger charge is -2.39. The third-order valence-corrected chi connectivity index (χ3v) is 6.82. The summed E-state index contributed by atoms with van der Waals surface area (Å²) in [6.45, 7) is 4.75. The molecule has 3 aromatic rings. The molecule has 2 fully saturated rings. The number of fused-ring (bicyclic) bond motifs is 2. The van der Waals surface area contributed by atoms with Gasteiger partial charge in [-0.3, -0.25) is 0 Å². The van der Waals surface area contributed by atoms with Crippen molar-refractivity contribution in [1.29, 1.82) is 0 Å². The Morgan fingerprint density at radius 3 is 2.44 bits per heavy atom. The van der Waals surface area contributed by atoms with Crippen molar-refractivity contribution in [3.63, 3.8) is 0 Å². The standard InChI is InChI=1S/C24H27N5O3/c1-23-8-9-24(2,13-23)12-16(11-23)32-20-7-6-18(28-29-20)17-5-4-15(10-19(17)30)21-25-14-26-22(27-21)31-3/h4-7,10,14,16,30H,8-9,11-13H2,1-3H3/t16?,23-,24+. The number of ether oxygens (including phenoxy) is 2. The SMILES string of the molecule is COc1ncnc(-c2ccc(-c3ccc(OC4C[C@]5(C)CC[C@](C)(C4)C5)nn3)c(O)c2)n1. The summed E-state index contributed by atoms with van der Waals surface area (Å²) in [6.07, 6.45) is 7.52. The number of rotatable bonds is 5. The van der Waals surface area contributed by atoms with E-state index in [0.29, 0.717) is 39.4 Å². The molecular formula is C24H27N5O3. The summed E-state index contributed by atoms with van der Waals surface area (Å²) in [5.41, 5.74) is 2.54. The second-order valence-corrected chi connectivity index (χ2v) is 9.73. The van der Waals surface area contributed by atoms with E-state index in [1.54, 1.807) is 12.1 Å². The molecule has 3 atom stereocenters. The van der Waals surface area contributed by atoms with Crippen molar-refractivity contribution in [2.75, 3.05) is 7.11 Å². The topological polar surface area (TPSA) is 103 Å². The minimum absolute atomic E-state index is 0.0644. The maximum Gasteiger partial charge on any atom is 0.319 e. The van der Waals surface area contributed by atoms with Gasteiger partial charge in [-0.25, -0.2) is 4.98 Å². The van der Waals surface area contributed by atoms with Crippen LogP contribution in [0.1, 0.15) is 46.0 Å². The van der Waals surface area contributed by atoms with Gasteiger partial charge in [-0.05, 0) is 61.1 Å². The van der Waals surface area contributed by atoms with Crippen LogP contribution in [0.2, 0.25) is 0 Å². The summed E-state index contributed by atoms with van der Waals surface area (Å²) in [6, 6.07) is 9.04. The Kier molecular flexibility index (Phi) is 4.95. The first kappa shape index (κ1) is 20.6. The predicted molar refractivity (Wildman–Crippen MR) is 118 cm³/mol. The molecule has 2 saturated carbocycles. The van der Waals surface area contributed by atoms with Crippen molar-refractivity contribution in [2.45, 2.75) is 52.1 Å². The second kappa shape index (κ2) is 7.69. The van der Waals surface area contributed by atoms with Gasteiger partial charge in [0.15, 0.2) is 5.82 Å². The van der Waals surface area contributed by atoms with Gasteiger partial charge in [-0.2, -0.15) is 9.97 Å². The molecule has 2 aromatic heterocycles. The average molecular weight is 434 g/mol. The Balaban J connectivity index is 1.32. The fourth-order valence-corrected chi connectivity index (χ4v) is 5.52. The Morgan fingerprint density at radius 1 is 1.00 bits per heavy atom. The normalized spacial score (nSPS) is 26.7. The third kappa shape index (κ3) is 3.97. The number of hydrogen-bond acceptors (Lipinski definition) is 8. The molecule has 166 valence electrons. The molecule has 32 heavy (non-hydrogen) atoms. The van der Waals surface area contributed by atoms with Crippen LogP contribution < -0.4 is 9.47 Å². The number of phenols is 1. The Morgan fingerprint density at radius 2 is 1.78 bits per heavy atom. The first-order chi connectivity index (χ1) is 15.3. The first-order valence-corrected chi connectivity index (χ1v) is 10.9. The smallest absolute Gasteiger partial charge is 0.319 e. The molecule has 2 heterocycles. The monoisotopic (exact) mass is 433 g/mol. The fraction of sp³-hybridized carbons (Fsp3) is 0.458. The van der Waals surface area contributed by atoms with Gasteiger partial charge in [-0.1, -0.05) is 19.9 Å². The lowest BCUT2D eigenvalue weighted by Crippen LogP contribution is -2.36. The minimum atomic E-state index is 0.0644. The van der Waals surface area contributed by atoms with E-state index in [4.69, 9.17) is 9.47 Å². The van der Waals surface area contributed by atoms with Gasteiger partial charge in [-0.15, -0.1) is 10.2 Å². The first-order valence-electron chi connectivity index (χ1n) is 10.9. The highest BCUT2D eigenvalue weighted by Gasteiger charge is 2.49. The summed E-state index contributed by atoms with van der Waals surface area (Å²) in [5.74, 6) is 1.01. The van der Waals surface area contributed by atoms with Crippen LogP contribution in [0.5, 0.6) is 17.6 Å². The second-order valence-electron chi connectivity index (χ2n) is 9.73. The van der Waals surface area contributed by atoms with Gasteiger partial charge in [0.2, 0.25) is 5.88 Å². The molecule has 0 aliphatic heterocycles. The molecule has 1 aromatic carbocycles. The van der Waals surface area contributed by atoms with E-state index in [1.807, 2.05) is 18.2 Å². The third-order valence-electron chi connectivity index (χ3n) is 6.82. The van der Waals surface area contributed by atoms with Crippen LogP contribution in [0.4, 0.5) is 0 Å². The number of methoxy groups -OCH3 is 1. The number of benzene rings is 1. The Hall–Kier alpha value is -3.29. The van der Waals surface area contributed by atoms with E-state index >= 15 is 0 Å². The van der Waals surface area contributed by atoms with Gasteiger partial charge in [0, 0.05) is 17.2 Å². The fourth-order valence-electron chi connectivity index (χ4n) is 5.52. The van der Waals surface area contributed by atoms with Crippen LogP contribution in [-0.4, -0.2) is 43.5 Å². The van der Waals surface area contributed by atoms with Gasteiger partial charge in [0.1, 0.15) is 18.2 Å². The number of nitrogens with zero attached hydrogens (tertiary/aromatic N) is 5. The van der Waals surface area contributed by atoms with Crippen LogP contribution in [-0.2, 0) is 0 Å². The molecule has 2 aliphatic rings. The zero-order valence-electron chi connectivity index (χ0n) is 18.6. The van der Waals surface area contributed by atoms with Crippen LogP contribution >= 0.6 is 0 Å². The Labute approximate surface area is 187 Å². The van der Waals surface area contributed by atoms with Gasteiger partial charge >= 0.3 is 6.01 Å². The van der Waals surface area contributed by atoms with E-state index in [1.165, 1.54) is 32.7 Å². The van der Waals surface area contributed by atoms with Crippen molar-refractivity contribution in [3.8, 4) is 40.3 Å². The molecule has 1 N–H and O–H groups in total. The molecular weight excluding hydrogens is 406 g/mol. The summed E-state index contributed by atoms with van der Waals surface area (Å²) >= 11 is 0. The molecule has 1 unspecified atom stereocenters. The molecule has 0 spiro atoms. The van der Waals surface area contributed by atoms with E-state index in [0.717, 1.165) is 12.8 Å². The average Bonchev–Trinajstić information content (AvgIpc) is 3.01. The number of aromatic hydroxyl groups is 1. The lowest BCUT2D eigenvalue weighted by molar-refractivity contribution is 0.0401. The van der Waals surface area contributed by atoms with Crippen molar-refractivity contribution >= 4 is 0 Å². The molecule has 0 radical (unpaired) electrons. The van der Waals surface area contributed by atoms with E-state index in [2.05, 4.69) is 39.0 Å². The molecule has 5 rings (SSSR count). The molecule has 8 nitrogen and oxygen atoms in total. The van der Waals surface area contributed by atoms with Crippen LogP contribution in [0, 0.1) is 10.8 Å². The largest absolute Gasteiger partial charge is 0.507 e. The van der Waals surface area contributed by atoms with Crippen molar-refractivity contribution in [1.82, 2.24) is 25.1 Å².